The SMILES string of the molecule is CCNC(=NCCC(=O)N(C)C)N1CCC(OCC2CCCCO2)CC1.I. The lowest BCUT2D eigenvalue weighted by Crippen LogP contribution is -2.47. The summed E-state index contributed by atoms with van der Waals surface area (Å²) in [5.41, 5.74) is 0. The number of halogens is 1. The Kier molecular flexibility index (Phi) is 12.3. The Bertz CT molecular complexity index is 448. The summed E-state index contributed by atoms with van der Waals surface area (Å²) in [5.74, 6) is 1.02. The van der Waals surface area contributed by atoms with Crippen LogP contribution in [0.2, 0.25) is 0 Å². The van der Waals surface area contributed by atoms with Gasteiger partial charge >= 0.3 is 0 Å². The topological polar surface area (TPSA) is 66.4 Å². The lowest BCUT2D eigenvalue weighted by molar-refractivity contribution is -0.128. The van der Waals surface area contributed by atoms with E-state index in [1.165, 1.54) is 12.8 Å². The lowest BCUT2D eigenvalue weighted by Gasteiger charge is -2.35. The molecular formula is C19H37IN4O3. The minimum absolute atomic E-state index is 0. The van der Waals surface area contributed by atoms with Gasteiger partial charge in [-0.25, -0.2) is 0 Å². The van der Waals surface area contributed by atoms with Crippen LogP contribution in [0.3, 0.4) is 0 Å². The van der Waals surface area contributed by atoms with E-state index in [0.717, 1.165) is 58.1 Å². The summed E-state index contributed by atoms with van der Waals surface area (Å²) in [6.07, 6.45) is 6.63. The zero-order chi connectivity index (χ0) is 18.8. The van der Waals surface area contributed by atoms with E-state index in [9.17, 15) is 4.79 Å². The van der Waals surface area contributed by atoms with E-state index in [0.29, 0.717) is 19.1 Å². The first-order valence-corrected chi connectivity index (χ1v) is 10.1. The molecule has 1 N–H and O–H groups in total. The van der Waals surface area contributed by atoms with Gasteiger partial charge in [0.05, 0.1) is 25.4 Å². The Balaban J connectivity index is 0.00000364. The van der Waals surface area contributed by atoms with Crippen molar-refractivity contribution in [1.82, 2.24) is 15.1 Å². The molecule has 27 heavy (non-hydrogen) atoms. The van der Waals surface area contributed by atoms with Gasteiger partial charge in [-0.2, -0.15) is 0 Å². The predicted molar refractivity (Wildman–Crippen MR) is 119 cm³/mol. The monoisotopic (exact) mass is 496 g/mol. The Hall–Kier alpha value is -0.610. The van der Waals surface area contributed by atoms with Gasteiger partial charge in [0.25, 0.3) is 0 Å². The number of amides is 1. The third-order valence-corrected chi connectivity index (χ3v) is 4.95. The lowest BCUT2D eigenvalue weighted by atomic mass is 10.1. The summed E-state index contributed by atoms with van der Waals surface area (Å²) in [5, 5.41) is 3.34. The van der Waals surface area contributed by atoms with E-state index in [2.05, 4.69) is 22.1 Å². The Morgan fingerprint density at radius 2 is 2.00 bits per heavy atom. The van der Waals surface area contributed by atoms with Gasteiger partial charge in [0.1, 0.15) is 0 Å². The maximum absolute atomic E-state index is 11.7. The molecule has 158 valence electrons. The fourth-order valence-electron chi connectivity index (χ4n) is 3.32. The van der Waals surface area contributed by atoms with Gasteiger partial charge in [-0.05, 0) is 39.0 Å². The first kappa shape index (κ1) is 24.4. The minimum atomic E-state index is 0. The Labute approximate surface area is 181 Å². The molecule has 0 saturated carbocycles. The van der Waals surface area contributed by atoms with Crippen molar-refractivity contribution in [2.75, 3.05) is 53.5 Å². The molecule has 1 amide bonds. The highest BCUT2D eigenvalue weighted by Crippen LogP contribution is 2.18. The number of hydrogen-bond donors (Lipinski definition) is 1. The summed E-state index contributed by atoms with van der Waals surface area (Å²) < 4.78 is 11.8. The van der Waals surface area contributed by atoms with Crippen LogP contribution in [0.5, 0.6) is 0 Å². The van der Waals surface area contributed by atoms with E-state index in [-0.39, 0.29) is 36.0 Å². The Morgan fingerprint density at radius 3 is 2.59 bits per heavy atom. The summed E-state index contributed by atoms with van der Waals surface area (Å²) in [4.78, 5) is 20.2. The second-order valence-corrected chi connectivity index (χ2v) is 7.28. The maximum atomic E-state index is 11.7. The Morgan fingerprint density at radius 1 is 1.26 bits per heavy atom. The molecule has 2 fully saturated rings. The number of nitrogens with zero attached hydrogens (tertiary/aromatic N) is 3. The van der Waals surface area contributed by atoms with Crippen LogP contribution < -0.4 is 5.32 Å². The van der Waals surface area contributed by atoms with Gasteiger partial charge in [0.2, 0.25) is 5.91 Å². The fraction of sp³-hybridized carbons (Fsp3) is 0.895. The molecule has 2 rings (SSSR count). The van der Waals surface area contributed by atoms with Crippen LogP contribution in [-0.2, 0) is 14.3 Å². The smallest absolute Gasteiger partial charge is 0.223 e. The number of carbonyl (C=O) groups is 1. The van der Waals surface area contributed by atoms with E-state index in [4.69, 9.17) is 9.47 Å². The standard InChI is InChI=1S/C19H36N4O3.HI/c1-4-20-19(21-11-8-18(24)22(2)3)23-12-9-16(10-13-23)26-15-17-7-5-6-14-25-17;/h16-17H,4-15H2,1-3H3,(H,20,21);1H. The number of rotatable bonds is 7. The molecule has 0 aromatic carbocycles. The molecule has 8 heteroatoms. The summed E-state index contributed by atoms with van der Waals surface area (Å²) in [6.45, 7) is 6.90. The number of ether oxygens (including phenoxy) is 2. The van der Waals surface area contributed by atoms with Crippen LogP contribution in [0.15, 0.2) is 4.99 Å². The fourth-order valence-corrected chi connectivity index (χ4v) is 3.32. The van der Waals surface area contributed by atoms with E-state index < -0.39 is 0 Å². The summed E-state index contributed by atoms with van der Waals surface area (Å²) >= 11 is 0. The average Bonchev–Trinajstić information content (AvgIpc) is 2.67. The number of aliphatic imine (C=N–C) groups is 1. The molecule has 2 aliphatic rings. The van der Waals surface area contributed by atoms with Crippen molar-refractivity contribution >= 4 is 35.8 Å². The van der Waals surface area contributed by atoms with Crippen LogP contribution in [0.1, 0.15) is 45.4 Å². The minimum Gasteiger partial charge on any atom is -0.376 e. The number of hydrogen-bond acceptors (Lipinski definition) is 4. The largest absolute Gasteiger partial charge is 0.376 e. The number of carbonyl (C=O) groups excluding carboxylic acids is 1. The molecule has 2 heterocycles. The number of nitrogens with one attached hydrogen (secondary N) is 1. The normalized spacial score (nSPS) is 21.5. The molecule has 7 nitrogen and oxygen atoms in total. The van der Waals surface area contributed by atoms with Gasteiger partial charge in [-0.1, -0.05) is 0 Å². The molecule has 1 atom stereocenters. The highest BCUT2D eigenvalue weighted by Gasteiger charge is 2.23. The van der Waals surface area contributed by atoms with Crippen LogP contribution >= 0.6 is 24.0 Å². The second kappa shape index (κ2) is 13.5. The van der Waals surface area contributed by atoms with Crippen molar-refractivity contribution in [3.05, 3.63) is 0 Å². The van der Waals surface area contributed by atoms with Gasteiger partial charge in [0, 0.05) is 46.8 Å². The highest BCUT2D eigenvalue weighted by atomic mass is 127. The zero-order valence-electron chi connectivity index (χ0n) is 17.1. The van der Waals surface area contributed by atoms with Crippen molar-refractivity contribution < 1.29 is 14.3 Å². The molecule has 0 aromatic heterocycles. The van der Waals surface area contributed by atoms with Crippen molar-refractivity contribution in [1.29, 1.82) is 0 Å². The summed E-state index contributed by atoms with van der Waals surface area (Å²) in [6, 6.07) is 0. The van der Waals surface area contributed by atoms with Crippen LogP contribution in [0, 0.1) is 0 Å². The molecule has 1 unspecified atom stereocenters. The molecule has 0 spiro atoms. The molecule has 0 aliphatic carbocycles. The van der Waals surface area contributed by atoms with Crippen molar-refractivity contribution in [3.63, 3.8) is 0 Å². The van der Waals surface area contributed by atoms with E-state index in [1.54, 1.807) is 19.0 Å². The van der Waals surface area contributed by atoms with Gasteiger partial charge in [0.15, 0.2) is 5.96 Å². The third-order valence-electron chi connectivity index (χ3n) is 4.95. The van der Waals surface area contributed by atoms with Gasteiger partial charge in [-0.3, -0.25) is 9.79 Å². The van der Waals surface area contributed by atoms with E-state index in [1.807, 2.05) is 0 Å². The highest BCUT2D eigenvalue weighted by molar-refractivity contribution is 14.0. The van der Waals surface area contributed by atoms with Crippen molar-refractivity contribution in [3.8, 4) is 0 Å². The van der Waals surface area contributed by atoms with Crippen LogP contribution in [0.4, 0.5) is 0 Å². The molecular weight excluding hydrogens is 459 g/mol. The van der Waals surface area contributed by atoms with Crippen LogP contribution in [0.25, 0.3) is 0 Å². The predicted octanol–water partition coefficient (Wildman–Crippen LogP) is 2.10. The van der Waals surface area contributed by atoms with Crippen molar-refractivity contribution in [2.45, 2.75) is 57.7 Å². The number of likely N-dealkylation sites (tertiary alicyclic amines) is 1. The first-order valence-electron chi connectivity index (χ1n) is 10.1. The molecule has 2 aliphatic heterocycles. The van der Waals surface area contributed by atoms with Gasteiger partial charge in [-0.15, -0.1) is 24.0 Å². The zero-order valence-corrected chi connectivity index (χ0v) is 19.4. The molecule has 2 saturated heterocycles. The first-order chi connectivity index (χ1) is 12.6. The molecule has 0 bridgehead atoms. The summed E-state index contributed by atoms with van der Waals surface area (Å²) in [7, 11) is 3.56. The molecule has 0 aromatic rings. The van der Waals surface area contributed by atoms with E-state index >= 15 is 0 Å². The average molecular weight is 496 g/mol. The van der Waals surface area contributed by atoms with Gasteiger partial charge < -0.3 is 24.6 Å². The van der Waals surface area contributed by atoms with Crippen LogP contribution in [-0.4, -0.2) is 87.4 Å². The maximum Gasteiger partial charge on any atom is 0.223 e. The number of guanidine groups is 1. The van der Waals surface area contributed by atoms with Crippen molar-refractivity contribution in [2.24, 2.45) is 4.99 Å². The third kappa shape index (κ3) is 8.95. The molecule has 0 radical (unpaired) electrons. The quantitative estimate of drug-likeness (QED) is 0.332. The second-order valence-electron chi connectivity index (χ2n) is 7.28. The number of piperidine rings is 1.